The summed E-state index contributed by atoms with van der Waals surface area (Å²) in [5, 5.41) is 0. The van der Waals surface area contributed by atoms with E-state index < -0.39 is 0 Å². The maximum absolute atomic E-state index is 11.6. The first kappa shape index (κ1) is 11.5. The number of hydrogen-bond donors (Lipinski definition) is 2. The van der Waals surface area contributed by atoms with E-state index in [1.807, 2.05) is 49.4 Å². The second-order valence-corrected chi connectivity index (χ2v) is 4.38. The number of imidazole rings is 1. The van der Waals surface area contributed by atoms with E-state index in [0.717, 1.165) is 28.2 Å². The number of aryl methyl sites for hydroxylation is 1. The highest BCUT2D eigenvalue weighted by Gasteiger charge is 2.11. The van der Waals surface area contributed by atoms with Crippen molar-refractivity contribution in [1.82, 2.24) is 15.0 Å². The third-order valence-electron chi connectivity index (χ3n) is 2.97. The van der Waals surface area contributed by atoms with E-state index >= 15 is 0 Å². The molecule has 2 N–H and O–H groups in total. The average Bonchev–Trinajstić information content (AvgIpc) is 2.82. The fraction of sp³-hybridized carbons (Fsp3) is 0.0667. The Labute approximate surface area is 110 Å². The SMILES string of the molecule is Cc1cc(-c2[nH]c(=O)[nH]c2-c2ccccc2)ccn1. The largest absolute Gasteiger partial charge is 0.323 e. The highest BCUT2D eigenvalue weighted by atomic mass is 16.1. The van der Waals surface area contributed by atoms with Crippen LogP contribution in [-0.2, 0) is 0 Å². The van der Waals surface area contributed by atoms with E-state index in [4.69, 9.17) is 0 Å². The highest BCUT2D eigenvalue weighted by molar-refractivity contribution is 5.77. The summed E-state index contributed by atoms with van der Waals surface area (Å²) in [6.07, 6.45) is 1.74. The van der Waals surface area contributed by atoms with Gasteiger partial charge in [0.2, 0.25) is 0 Å². The number of aromatic nitrogens is 3. The smallest absolute Gasteiger partial charge is 0.305 e. The van der Waals surface area contributed by atoms with Gasteiger partial charge in [-0.3, -0.25) is 4.98 Å². The summed E-state index contributed by atoms with van der Waals surface area (Å²) in [4.78, 5) is 21.5. The van der Waals surface area contributed by atoms with Crippen LogP contribution in [0.2, 0.25) is 0 Å². The molecule has 19 heavy (non-hydrogen) atoms. The van der Waals surface area contributed by atoms with Gasteiger partial charge in [-0.1, -0.05) is 30.3 Å². The van der Waals surface area contributed by atoms with E-state index in [2.05, 4.69) is 15.0 Å². The van der Waals surface area contributed by atoms with E-state index in [-0.39, 0.29) is 5.69 Å². The molecule has 0 amide bonds. The van der Waals surface area contributed by atoms with Gasteiger partial charge in [-0.05, 0) is 19.1 Å². The Hall–Kier alpha value is -2.62. The minimum atomic E-state index is -0.205. The van der Waals surface area contributed by atoms with Crippen molar-refractivity contribution in [2.75, 3.05) is 0 Å². The lowest BCUT2D eigenvalue weighted by molar-refractivity contribution is 1.18. The van der Waals surface area contributed by atoms with Crippen LogP contribution < -0.4 is 5.69 Å². The van der Waals surface area contributed by atoms with Crippen molar-refractivity contribution in [2.45, 2.75) is 6.92 Å². The maximum atomic E-state index is 11.6. The van der Waals surface area contributed by atoms with Crippen LogP contribution in [0, 0.1) is 6.92 Å². The molecule has 2 aromatic heterocycles. The summed E-state index contributed by atoms with van der Waals surface area (Å²) in [5.74, 6) is 0. The van der Waals surface area contributed by atoms with E-state index in [1.54, 1.807) is 6.20 Å². The van der Waals surface area contributed by atoms with Crippen LogP contribution in [0.15, 0.2) is 53.5 Å². The Kier molecular flexibility index (Phi) is 2.76. The van der Waals surface area contributed by atoms with Crippen LogP contribution in [0.4, 0.5) is 0 Å². The predicted molar refractivity (Wildman–Crippen MR) is 74.8 cm³/mol. The molecule has 0 aliphatic rings. The molecule has 0 saturated carbocycles. The molecule has 0 fully saturated rings. The molecule has 0 aliphatic heterocycles. The summed E-state index contributed by atoms with van der Waals surface area (Å²) in [5.41, 5.74) is 4.23. The Morgan fingerprint density at radius 1 is 0.947 bits per heavy atom. The number of rotatable bonds is 2. The number of H-pyrrole nitrogens is 2. The van der Waals surface area contributed by atoms with Gasteiger partial charge in [0.25, 0.3) is 0 Å². The van der Waals surface area contributed by atoms with Crippen molar-refractivity contribution in [3.63, 3.8) is 0 Å². The van der Waals surface area contributed by atoms with Gasteiger partial charge in [0.15, 0.2) is 0 Å². The molecule has 0 bridgehead atoms. The van der Waals surface area contributed by atoms with Crippen LogP contribution in [0.5, 0.6) is 0 Å². The molecule has 0 atom stereocenters. The molecule has 0 aliphatic carbocycles. The quantitative estimate of drug-likeness (QED) is 0.735. The molecule has 0 saturated heterocycles. The highest BCUT2D eigenvalue weighted by Crippen LogP contribution is 2.27. The van der Waals surface area contributed by atoms with Crippen molar-refractivity contribution in [3.8, 4) is 22.5 Å². The van der Waals surface area contributed by atoms with Crippen LogP contribution >= 0.6 is 0 Å². The van der Waals surface area contributed by atoms with Gasteiger partial charge >= 0.3 is 5.69 Å². The first-order valence-corrected chi connectivity index (χ1v) is 6.05. The normalized spacial score (nSPS) is 10.6. The van der Waals surface area contributed by atoms with E-state index in [9.17, 15) is 4.79 Å². The van der Waals surface area contributed by atoms with Gasteiger partial charge in [-0.2, -0.15) is 0 Å². The van der Waals surface area contributed by atoms with Gasteiger partial charge in [-0.15, -0.1) is 0 Å². The molecule has 1 aromatic carbocycles. The minimum Gasteiger partial charge on any atom is -0.305 e. The van der Waals surface area contributed by atoms with Crippen LogP contribution in [0.25, 0.3) is 22.5 Å². The number of benzene rings is 1. The van der Waals surface area contributed by atoms with Gasteiger partial charge in [0.1, 0.15) is 0 Å². The van der Waals surface area contributed by atoms with E-state index in [1.165, 1.54) is 0 Å². The Bertz CT molecular complexity index is 756. The maximum Gasteiger partial charge on any atom is 0.323 e. The van der Waals surface area contributed by atoms with E-state index in [0.29, 0.717) is 0 Å². The topological polar surface area (TPSA) is 61.5 Å². The number of pyridine rings is 1. The fourth-order valence-electron chi connectivity index (χ4n) is 2.12. The first-order valence-electron chi connectivity index (χ1n) is 6.05. The lowest BCUT2D eigenvalue weighted by atomic mass is 10.1. The summed E-state index contributed by atoms with van der Waals surface area (Å²) < 4.78 is 0. The fourth-order valence-corrected chi connectivity index (χ4v) is 2.12. The molecule has 4 nitrogen and oxygen atoms in total. The van der Waals surface area contributed by atoms with Crippen molar-refractivity contribution < 1.29 is 0 Å². The Balaban J connectivity index is 2.21. The van der Waals surface area contributed by atoms with Gasteiger partial charge in [-0.25, -0.2) is 4.79 Å². The monoisotopic (exact) mass is 251 g/mol. The molecule has 0 spiro atoms. The second kappa shape index (κ2) is 4.57. The molecule has 94 valence electrons. The molecule has 3 aromatic rings. The first-order chi connectivity index (χ1) is 9.24. The molecular formula is C15H13N3O. The number of nitrogens with one attached hydrogen (secondary N) is 2. The Morgan fingerprint density at radius 3 is 2.32 bits per heavy atom. The van der Waals surface area contributed by atoms with Crippen LogP contribution in [-0.4, -0.2) is 15.0 Å². The Morgan fingerprint density at radius 2 is 1.63 bits per heavy atom. The zero-order valence-corrected chi connectivity index (χ0v) is 10.5. The second-order valence-electron chi connectivity index (χ2n) is 4.38. The molecule has 0 radical (unpaired) electrons. The predicted octanol–water partition coefficient (Wildman–Crippen LogP) is 2.74. The lowest BCUT2D eigenvalue weighted by Gasteiger charge is -2.04. The van der Waals surface area contributed by atoms with Crippen molar-refractivity contribution >= 4 is 0 Å². The third-order valence-corrected chi connectivity index (χ3v) is 2.97. The van der Waals surface area contributed by atoms with Crippen LogP contribution in [0.1, 0.15) is 5.69 Å². The minimum absolute atomic E-state index is 0.205. The number of aromatic amines is 2. The summed E-state index contributed by atoms with van der Waals surface area (Å²) in [6, 6.07) is 13.6. The van der Waals surface area contributed by atoms with Gasteiger partial charge in [0.05, 0.1) is 11.4 Å². The molecule has 2 heterocycles. The zero-order valence-electron chi connectivity index (χ0n) is 10.5. The zero-order chi connectivity index (χ0) is 13.2. The third kappa shape index (κ3) is 2.20. The standard InChI is InChI=1S/C15H13N3O/c1-10-9-12(7-8-16-10)14-13(17-15(19)18-14)11-5-3-2-4-6-11/h2-9H,1H3,(H2,17,18,19). The number of nitrogens with zero attached hydrogens (tertiary/aromatic N) is 1. The van der Waals surface area contributed by atoms with Gasteiger partial charge < -0.3 is 9.97 Å². The average molecular weight is 251 g/mol. The molecule has 3 rings (SSSR count). The number of hydrogen-bond acceptors (Lipinski definition) is 2. The van der Waals surface area contributed by atoms with Crippen molar-refractivity contribution in [1.29, 1.82) is 0 Å². The van der Waals surface area contributed by atoms with Crippen molar-refractivity contribution in [2.24, 2.45) is 0 Å². The van der Waals surface area contributed by atoms with Crippen molar-refractivity contribution in [3.05, 3.63) is 64.8 Å². The summed E-state index contributed by atoms with van der Waals surface area (Å²) >= 11 is 0. The molecular weight excluding hydrogens is 238 g/mol. The van der Waals surface area contributed by atoms with Crippen LogP contribution in [0.3, 0.4) is 0 Å². The van der Waals surface area contributed by atoms with Gasteiger partial charge in [0, 0.05) is 23.0 Å². The summed E-state index contributed by atoms with van der Waals surface area (Å²) in [7, 11) is 0. The molecule has 0 unspecified atom stereocenters. The molecule has 4 heteroatoms. The lowest BCUT2D eigenvalue weighted by Crippen LogP contribution is -2.00. The summed E-state index contributed by atoms with van der Waals surface area (Å²) in [6.45, 7) is 1.93.